The number of fused-ring (bicyclic) bond motifs is 2. The number of anilines is 1. The number of nitrogens with two attached hydrogens (primary N) is 1. The van der Waals surface area contributed by atoms with Gasteiger partial charge in [-0.1, -0.05) is 18.0 Å². The molecule has 1 saturated heterocycles. The van der Waals surface area contributed by atoms with E-state index in [9.17, 15) is 4.79 Å². The topological polar surface area (TPSA) is 58.8 Å². The van der Waals surface area contributed by atoms with E-state index in [2.05, 4.69) is 4.90 Å². The third kappa shape index (κ3) is 4.26. The van der Waals surface area contributed by atoms with Crippen LogP contribution in [-0.2, 0) is 0 Å². The van der Waals surface area contributed by atoms with E-state index in [0.717, 1.165) is 44.1 Å². The molecule has 1 aromatic rings. The van der Waals surface area contributed by atoms with Gasteiger partial charge in [-0.2, -0.15) is 0 Å². The maximum absolute atomic E-state index is 12.9. The summed E-state index contributed by atoms with van der Waals surface area (Å²) in [6.07, 6.45) is 5.61. The van der Waals surface area contributed by atoms with E-state index in [1.807, 2.05) is 4.90 Å². The highest BCUT2D eigenvalue weighted by molar-refractivity contribution is 6.33. The minimum absolute atomic E-state index is 0. The van der Waals surface area contributed by atoms with Crippen LogP contribution in [0.3, 0.4) is 0 Å². The highest BCUT2D eigenvalue weighted by Gasteiger charge is 2.43. The molecule has 0 aromatic heterocycles. The molecule has 1 amide bonds. The van der Waals surface area contributed by atoms with Crippen molar-refractivity contribution in [2.24, 2.45) is 11.8 Å². The molecule has 27 heavy (non-hydrogen) atoms. The molecule has 1 aliphatic heterocycles. The number of hydrogen-bond donors (Lipinski definition) is 1. The number of amides is 1. The average Bonchev–Trinajstić information content (AvgIpc) is 3.26. The smallest absolute Gasteiger partial charge is 0.257 e. The Morgan fingerprint density at radius 2 is 1.85 bits per heavy atom. The van der Waals surface area contributed by atoms with Crippen molar-refractivity contribution >= 4 is 48.0 Å². The molecule has 5 nitrogen and oxygen atoms in total. The predicted molar refractivity (Wildman–Crippen MR) is 114 cm³/mol. The Kier molecular flexibility index (Phi) is 7.54. The van der Waals surface area contributed by atoms with Gasteiger partial charge in [-0.3, -0.25) is 9.69 Å². The molecule has 0 spiro atoms. The van der Waals surface area contributed by atoms with E-state index < -0.39 is 0 Å². The monoisotopic (exact) mass is 435 g/mol. The molecule has 2 N–H and O–H groups in total. The lowest BCUT2D eigenvalue weighted by Gasteiger charge is -2.41. The SMILES string of the molecule is COc1cc(N)c(Cl)cc1C(=O)N1CCN(C2CC3CCC2C3)CC1.Cl.Cl. The van der Waals surface area contributed by atoms with Crippen LogP contribution < -0.4 is 10.5 Å². The van der Waals surface area contributed by atoms with Gasteiger partial charge in [0.25, 0.3) is 5.91 Å². The Balaban J connectivity index is 0.00000131. The van der Waals surface area contributed by atoms with E-state index in [1.165, 1.54) is 25.7 Å². The number of carbonyl (C=O) groups is 1. The van der Waals surface area contributed by atoms with Gasteiger partial charge in [-0.05, 0) is 37.2 Å². The number of nitrogens with zero attached hydrogens (tertiary/aromatic N) is 2. The van der Waals surface area contributed by atoms with Gasteiger partial charge < -0.3 is 15.4 Å². The third-order valence-corrected chi connectivity index (χ3v) is 6.65. The summed E-state index contributed by atoms with van der Waals surface area (Å²) in [5.74, 6) is 2.31. The number of halogens is 3. The first kappa shape index (κ1) is 22.4. The lowest BCUT2D eigenvalue weighted by molar-refractivity contribution is 0.0493. The quantitative estimate of drug-likeness (QED) is 0.734. The average molecular weight is 437 g/mol. The normalized spacial score (nSPS) is 27.0. The first-order valence-electron chi connectivity index (χ1n) is 9.23. The van der Waals surface area contributed by atoms with Crippen LogP contribution in [0.1, 0.15) is 36.0 Å². The van der Waals surface area contributed by atoms with Crippen LogP contribution in [0.4, 0.5) is 5.69 Å². The molecule has 4 rings (SSSR count). The molecular weight excluding hydrogens is 409 g/mol. The summed E-state index contributed by atoms with van der Waals surface area (Å²) >= 11 is 6.11. The summed E-state index contributed by atoms with van der Waals surface area (Å²) in [4.78, 5) is 17.4. The van der Waals surface area contributed by atoms with Gasteiger partial charge in [0.05, 0.1) is 23.4 Å². The van der Waals surface area contributed by atoms with Crippen LogP contribution in [0.5, 0.6) is 5.75 Å². The van der Waals surface area contributed by atoms with E-state index in [0.29, 0.717) is 22.0 Å². The van der Waals surface area contributed by atoms with Crippen molar-refractivity contribution in [3.05, 3.63) is 22.7 Å². The number of methoxy groups -OCH3 is 1. The van der Waals surface area contributed by atoms with Gasteiger partial charge in [0.1, 0.15) is 5.75 Å². The number of ether oxygens (including phenoxy) is 1. The first-order valence-corrected chi connectivity index (χ1v) is 9.61. The summed E-state index contributed by atoms with van der Waals surface area (Å²) in [5.41, 5.74) is 6.74. The maximum Gasteiger partial charge on any atom is 0.257 e. The van der Waals surface area contributed by atoms with Crippen LogP contribution in [0.15, 0.2) is 12.1 Å². The molecule has 2 bridgehead atoms. The van der Waals surface area contributed by atoms with Crippen LogP contribution in [-0.4, -0.2) is 55.0 Å². The lowest BCUT2D eigenvalue weighted by Crippen LogP contribution is -2.53. The van der Waals surface area contributed by atoms with Gasteiger partial charge in [-0.25, -0.2) is 0 Å². The molecule has 3 aliphatic rings. The van der Waals surface area contributed by atoms with Gasteiger partial charge in [0, 0.05) is 38.3 Å². The van der Waals surface area contributed by atoms with Crippen LogP contribution in [0.25, 0.3) is 0 Å². The fourth-order valence-electron chi connectivity index (χ4n) is 4.99. The van der Waals surface area contributed by atoms with Crippen molar-refractivity contribution in [3.63, 3.8) is 0 Å². The highest BCUT2D eigenvalue weighted by Crippen LogP contribution is 2.46. The zero-order chi connectivity index (χ0) is 17.6. The summed E-state index contributed by atoms with van der Waals surface area (Å²) in [6, 6.07) is 4.00. The number of benzene rings is 1. The minimum Gasteiger partial charge on any atom is -0.496 e. The van der Waals surface area contributed by atoms with Crippen molar-refractivity contribution in [2.45, 2.75) is 31.7 Å². The largest absolute Gasteiger partial charge is 0.496 e. The van der Waals surface area contributed by atoms with Crippen molar-refractivity contribution in [2.75, 3.05) is 39.0 Å². The van der Waals surface area contributed by atoms with Crippen molar-refractivity contribution < 1.29 is 9.53 Å². The Morgan fingerprint density at radius 1 is 1.15 bits per heavy atom. The Morgan fingerprint density at radius 3 is 2.41 bits per heavy atom. The van der Waals surface area contributed by atoms with E-state index in [1.54, 1.807) is 19.2 Å². The van der Waals surface area contributed by atoms with Crippen LogP contribution in [0.2, 0.25) is 5.02 Å². The number of rotatable bonds is 3. The minimum atomic E-state index is -0.0219. The highest BCUT2D eigenvalue weighted by atomic mass is 35.5. The second kappa shape index (κ2) is 9.08. The molecule has 3 atom stereocenters. The molecule has 3 fully saturated rings. The molecule has 1 aromatic carbocycles. The predicted octanol–water partition coefficient (Wildman–Crippen LogP) is 3.72. The molecule has 152 valence electrons. The summed E-state index contributed by atoms with van der Waals surface area (Å²) < 4.78 is 5.33. The summed E-state index contributed by atoms with van der Waals surface area (Å²) in [5, 5.41) is 0.393. The third-order valence-electron chi connectivity index (χ3n) is 6.32. The van der Waals surface area contributed by atoms with Crippen molar-refractivity contribution in [3.8, 4) is 5.75 Å². The fraction of sp³-hybridized carbons (Fsp3) is 0.632. The van der Waals surface area contributed by atoms with Gasteiger partial charge >= 0.3 is 0 Å². The molecule has 3 unspecified atom stereocenters. The molecule has 1 heterocycles. The Bertz CT molecular complexity index is 680. The van der Waals surface area contributed by atoms with Crippen LogP contribution in [0, 0.1) is 11.8 Å². The number of piperazine rings is 1. The molecule has 2 saturated carbocycles. The summed E-state index contributed by atoms with van der Waals surface area (Å²) in [6.45, 7) is 3.45. The molecule has 2 aliphatic carbocycles. The molecular formula is C19H28Cl3N3O2. The number of carbonyl (C=O) groups excluding carboxylic acids is 1. The maximum atomic E-state index is 12.9. The van der Waals surface area contributed by atoms with E-state index >= 15 is 0 Å². The van der Waals surface area contributed by atoms with Crippen molar-refractivity contribution in [1.29, 1.82) is 0 Å². The molecule has 0 radical (unpaired) electrons. The van der Waals surface area contributed by atoms with Gasteiger partial charge in [-0.15, -0.1) is 24.8 Å². The second-order valence-corrected chi connectivity index (χ2v) is 8.05. The number of hydrogen-bond acceptors (Lipinski definition) is 4. The van der Waals surface area contributed by atoms with Crippen LogP contribution >= 0.6 is 36.4 Å². The Labute approximate surface area is 178 Å². The first-order chi connectivity index (χ1) is 12.1. The van der Waals surface area contributed by atoms with E-state index in [4.69, 9.17) is 22.1 Å². The van der Waals surface area contributed by atoms with E-state index in [-0.39, 0.29) is 30.7 Å². The number of nitrogen functional groups attached to an aromatic ring is 1. The van der Waals surface area contributed by atoms with Crippen molar-refractivity contribution in [1.82, 2.24) is 9.80 Å². The second-order valence-electron chi connectivity index (χ2n) is 7.64. The fourth-order valence-corrected chi connectivity index (χ4v) is 5.15. The Hall–Kier alpha value is -0.880. The zero-order valence-corrected chi connectivity index (χ0v) is 17.9. The van der Waals surface area contributed by atoms with Gasteiger partial charge in [0.2, 0.25) is 0 Å². The lowest BCUT2D eigenvalue weighted by atomic mass is 9.93. The standard InChI is InChI=1S/C19H26ClN3O2.2ClH/c1-25-18-11-16(21)15(20)10-14(18)19(24)23-6-4-22(5-7-23)17-9-12-2-3-13(17)8-12;;/h10-13,17H,2-9,21H2,1H3;2*1H. The summed E-state index contributed by atoms with van der Waals surface area (Å²) in [7, 11) is 1.55. The molecule has 8 heteroatoms. The van der Waals surface area contributed by atoms with Gasteiger partial charge in [0.15, 0.2) is 0 Å². The zero-order valence-electron chi connectivity index (χ0n) is 15.5.